The summed E-state index contributed by atoms with van der Waals surface area (Å²) in [6.45, 7) is 1.30. The Labute approximate surface area is 234 Å². The van der Waals surface area contributed by atoms with Gasteiger partial charge in [-0.25, -0.2) is 28.4 Å². The van der Waals surface area contributed by atoms with E-state index in [-0.39, 0.29) is 22.5 Å². The van der Waals surface area contributed by atoms with Crippen molar-refractivity contribution in [1.82, 2.24) is 25.3 Å². The van der Waals surface area contributed by atoms with Crippen molar-refractivity contribution in [3.63, 3.8) is 0 Å². The van der Waals surface area contributed by atoms with Gasteiger partial charge in [-0.05, 0) is 57.1 Å². The lowest BCUT2D eigenvalue weighted by Gasteiger charge is -2.08. The highest BCUT2D eigenvalue weighted by Gasteiger charge is 2.36. The number of aromatic nitrogens is 4. The van der Waals surface area contributed by atoms with Gasteiger partial charge in [-0.1, -0.05) is 28.6 Å². The number of thiazole rings is 1. The number of ether oxygens (including phenoxy) is 1. The van der Waals surface area contributed by atoms with Crippen molar-refractivity contribution in [2.45, 2.75) is 36.0 Å². The van der Waals surface area contributed by atoms with Crippen LogP contribution in [0, 0.1) is 0 Å². The van der Waals surface area contributed by atoms with Gasteiger partial charge in [-0.3, -0.25) is 10.1 Å². The van der Waals surface area contributed by atoms with E-state index in [4.69, 9.17) is 9.57 Å². The predicted octanol–water partition coefficient (Wildman–Crippen LogP) is 2.97. The third-order valence-corrected chi connectivity index (χ3v) is 9.03. The fourth-order valence-electron chi connectivity index (χ4n) is 3.67. The molecular weight excluding hydrogens is 554 g/mol. The van der Waals surface area contributed by atoms with Crippen molar-refractivity contribution in [3.8, 4) is 5.88 Å². The van der Waals surface area contributed by atoms with Crippen LogP contribution in [0.15, 0.2) is 64.9 Å². The summed E-state index contributed by atoms with van der Waals surface area (Å²) in [6, 6.07) is 11.2. The summed E-state index contributed by atoms with van der Waals surface area (Å²) < 4.78 is 30.9. The van der Waals surface area contributed by atoms with Gasteiger partial charge in [0.05, 0.1) is 16.8 Å². The Kier molecular flexibility index (Phi) is 8.57. The fraction of sp³-hybridized carbons (Fsp3) is 0.308. The smallest absolute Gasteiger partial charge is 0.280 e. The Morgan fingerprint density at radius 2 is 1.88 bits per heavy atom. The van der Waals surface area contributed by atoms with Crippen LogP contribution >= 0.6 is 11.3 Å². The van der Waals surface area contributed by atoms with E-state index in [1.54, 1.807) is 30.6 Å². The van der Waals surface area contributed by atoms with Gasteiger partial charge < -0.3 is 14.9 Å². The van der Waals surface area contributed by atoms with Crippen molar-refractivity contribution in [2.24, 2.45) is 5.16 Å². The van der Waals surface area contributed by atoms with Crippen molar-refractivity contribution in [2.75, 3.05) is 25.5 Å². The molecule has 1 amide bonds. The second-order valence-electron chi connectivity index (χ2n) is 8.90. The van der Waals surface area contributed by atoms with E-state index < -0.39 is 15.7 Å². The standard InChI is InChI=1S/C26H27N7O5S2/c1-27-12-3-15-37-22-11-10-20-25(31-22)39-26(30-20)32-24(34)23(33-38-16-21-28-13-2-14-29-21)17-4-6-18(7-5-17)40(35,36)19-8-9-19/h2,4-7,10-11,13-14,19,27H,3,8-9,12,15-16H2,1H3,(H,30,32,34)/b33-23+. The molecule has 1 aliphatic carbocycles. The van der Waals surface area contributed by atoms with Crippen LogP contribution in [0.3, 0.4) is 0 Å². The third-order valence-electron chi connectivity index (χ3n) is 5.87. The van der Waals surface area contributed by atoms with Crippen LogP contribution in [-0.4, -0.2) is 65.4 Å². The SMILES string of the molecule is CNCCCOc1ccc2nc(NC(=O)/C(=N/OCc3ncccn3)c3ccc(S(=O)(=O)C4CC4)cc3)sc2n1. The van der Waals surface area contributed by atoms with E-state index in [0.717, 1.165) is 13.0 Å². The number of amides is 1. The molecular formula is C26H27N7O5S2. The van der Waals surface area contributed by atoms with Crippen LogP contribution in [0.25, 0.3) is 10.3 Å². The zero-order valence-corrected chi connectivity index (χ0v) is 23.2. The van der Waals surface area contributed by atoms with Crippen LogP contribution in [-0.2, 0) is 26.1 Å². The first-order valence-electron chi connectivity index (χ1n) is 12.6. The zero-order valence-electron chi connectivity index (χ0n) is 21.6. The largest absolute Gasteiger partial charge is 0.478 e. The molecule has 1 saturated carbocycles. The molecule has 4 aromatic rings. The van der Waals surface area contributed by atoms with E-state index in [0.29, 0.717) is 52.2 Å². The summed E-state index contributed by atoms with van der Waals surface area (Å²) in [6.07, 6.45) is 5.31. The zero-order chi connectivity index (χ0) is 28.0. The van der Waals surface area contributed by atoms with Gasteiger partial charge >= 0.3 is 0 Å². The van der Waals surface area contributed by atoms with Crippen molar-refractivity contribution < 1.29 is 22.8 Å². The number of carbonyl (C=O) groups excluding carboxylic acids is 1. The number of anilines is 1. The summed E-state index contributed by atoms with van der Waals surface area (Å²) in [5, 5.41) is 9.84. The molecule has 0 bridgehead atoms. The second kappa shape index (κ2) is 12.4. The summed E-state index contributed by atoms with van der Waals surface area (Å²) >= 11 is 1.19. The van der Waals surface area contributed by atoms with Gasteiger partial charge in [-0.15, -0.1) is 0 Å². The van der Waals surface area contributed by atoms with Gasteiger partial charge in [0.1, 0.15) is 10.3 Å². The molecule has 40 heavy (non-hydrogen) atoms. The second-order valence-corrected chi connectivity index (χ2v) is 12.1. The van der Waals surface area contributed by atoms with Crippen molar-refractivity contribution in [1.29, 1.82) is 0 Å². The molecule has 5 rings (SSSR count). The number of nitrogens with zero attached hydrogens (tertiary/aromatic N) is 5. The van der Waals surface area contributed by atoms with Gasteiger partial charge in [-0.2, -0.15) is 0 Å². The van der Waals surface area contributed by atoms with E-state index in [1.165, 1.54) is 35.6 Å². The number of carbonyl (C=O) groups is 1. The molecule has 3 heterocycles. The van der Waals surface area contributed by atoms with Crippen LogP contribution in [0.1, 0.15) is 30.7 Å². The maximum Gasteiger partial charge on any atom is 0.280 e. The number of nitrogens with one attached hydrogen (secondary N) is 2. The number of sulfone groups is 1. The first kappa shape index (κ1) is 27.6. The third kappa shape index (κ3) is 6.76. The number of benzene rings is 1. The minimum absolute atomic E-state index is 0.0616. The minimum Gasteiger partial charge on any atom is -0.478 e. The quantitative estimate of drug-likeness (QED) is 0.137. The van der Waals surface area contributed by atoms with Gasteiger partial charge in [0.2, 0.25) is 5.88 Å². The van der Waals surface area contributed by atoms with Crippen LogP contribution < -0.4 is 15.4 Å². The van der Waals surface area contributed by atoms with Gasteiger partial charge in [0.25, 0.3) is 5.91 Å². The molecule has 14 heteroatoms. The molecule has 2 N–H and O–H groups in total. The monoisotopic (exact) mass is 581 g/mol. The molecule has 1 fully saturated rings. The highest BCUT2D eigenvalue weighted by atomic mass is 32.2. The topological polar surface area (TPSA) is 158 Å². The van der Waals surface area contributed by atoms with Gasteiger partial charge in [0.15, 0.2) is 33.1 Å². The van der Waals surface area contributed by atoms with E-state index in [2.05, 4.69) is 35.7 Å². The Balaban J connectivity index is 1.34. The molecule has 208 valence electrons. The highest BCUT2D eigenvalue weighted by molar-refractivity contribution is 7.92. The fourth-order valence-corrected chi connectivity index (χ4v) is 6.16. The lowest BCUT2D eigenvalue weighted by molar-refractivity contribution is -0.110. The molecule has 0 radical (unpaired) electrons. The van der Waals surface area contributed by atoms with Crippen LogP contribution in [0.2, 0.25) is 0 Å². The lowest BCUT2D eigenvalue weighted by Crippen LogP contribution is -2.24. The molecule has 0 aliphatic heterocycles. The highest BCUT2D eigenvalue weighted by Crippen LogP contribution is 2.33. The summed E-state index contributed by atoms with van der Waals surface area (Å²) in [4.78, 5) is 36.6. The molecule has 12 nitrogen and oxygen atoms in total. The number of hydrogen-bond donors (Lipinski definition) is 2. The Morgan fingerprint density at radius 3 is 2.60 bits per heavy atom. The summed E-state index contributed by atoms with van der Waals surface area (Å²) in [5.74, 6) is 0.276. The predicted molar refractivity (Wildman–Crippen MR) is 150 cm³/mol. The number of fused-ring (bicyclic) bond motifs is 1. The van der Waals surface area contributed by atoms with E-state index in [1.807, 2.05) is 7.05 Å². The molecule has 3 aromatic heterocycles. The first-order chi connectivity index (χ1) is 19.4. The molecule has 1 aromatic carbocycles. The first-order valence-corrected chi connectivity index (χ1v) is 15.0. The van der Waals surface area contributed by atoms with Crippen molar-refractivity contribution in [3.05, 3.63) is 66.2 Å². The normalized spacial score (nSPS) is 13.8. The van der Waals surface area contributed by atoms with E-state index >= 15 is 0 Å². The number of hydrogen-bond acceptors (Lipinski definition) is 12. The molecule has 0 atom stereocenters. The number of rotatable bonds is 13. The average molecular weight is 582 g/mol. The maximum absolute atomic E-state index is 13.3. The van der Waals surface area contributed by atoms with Gasteiger partial charge in [0, 0.05) is 24.0 Å². The minimum atomic E-state index is -3.37. The van der Waals surface area contributed by atoms with Crippen LogP contribution in [0.4, 0.5) is 5.13 Å². The molecule has 1 aliphatic rings. The van der Waals surface area contributed by atoms with E-state index in [9.17, 15) is 13.2 Å². The lowest BCUT2D eigenvalue weighted by atomic mass is 10.1. The molecule has 0 unspecified atom stereocenters. The average Bonchev–Trinajstić information content (AvgIpc) is 3.75. The van der Waals surface area contributed by atoms with Crippen LogP contribution in [0.5, 0.6) is 5.88 Å². The molecule has 0 spiro atoms. The Morgan fingerprint density at radius 1 is 1.10 bits per heavy atom. The summed E-state index contributed by atoms with van der Waals surface area (Å²) in [7, 11) is -1.49. The maximum atomic E-state index is 13.3. The number of pyridine rings is 1. The number of oxime groups is 1. The van der Waals surface area contributed by atoms with Crippen molar-refractivity contribution >= 4 is 48.3 Å². The Bertz CT molecular complexity index is 1610. The Hall–Kier alpha value is -4.01. The molecule has 0 saturated heterocycles. The summed E-state index contributed by atoms with van der Waals surface area (Å²) in [5.41, 5.74) is 0.915.